The standard InChI is InChI=1S/C13H17BrFN/c1-16-13(10-3-2-4-10)8-9-5-6-12(15)11(14)7-9/h5-7,10,13,16H,2-4,8H2,1H3. The number of halogens is 2. The first-order valence-electron chi connectivity index (χ1n) is 5.82. The Balaban J connectivity index is 2.03. The fraction of sp³-hybridized carbons (Fsp3) is 0.538. The third-order valence-corrected chi connectivity index (χ3v) is 4.14. The molecule has 1 aromatic rings. The number of nitrogens with one attached hydrogen (secondary N) is 1. The van der Waals surface area contributed by atoms with Crippen molar-refractivity contribution in [2.45, 2.75) is 31.7 Å². The maximum atomic E-state index is 13.1. The van der Waals surface area contributed by atoms with E-state index in [0.29, 0.717) is 10.5 Å². The minimum Gasteiger partial charge on any atom is -0.316 e. The van der Waals surface area contributed by atoms with Gasteiger partial charge in [-0.2, -0.15) is 0 Å². The second kappa shape index (κ2) is 5.28. The molecule has 1 N–H and O–H groups in total. The van der Waals surface area contributed by atoms with E-state index in [4.69, 9.17) is 0 Å². The lowest BCUT2D eigenvalue weighted by Crippen LogP contribution is -2.39. The van der Waals surface area contributed by atoms with Crippen LogP contribution in [0.1, 0.15) is 24.8 Å². The Bertz CT molecular complexity index is 363. The van der Waals surface area contributed by atoms with Crippen LogP contribution in [0.15, 0.2) is 22.7 Å². The van der Waals surface area contributed by atoms with Crippen LogP contribution < -0.4 is 5.32 Å². The van der Waals surface area contributed by atoms with Crippen molar-refractivity contribution in [1.29, 1.82) is 0 Å². The predicted molar refractivity (Wildman–Crippen MR) is 68.0 cm³/mol. The van der Waals surface area contributed by atoms with E-state index in [0.717, 1.165) is 12.3 Å². The van der Waals surface area contributed by atoms with Gasteiger partial charge in [-0.05, 0) is 65.9 Å². The average molecular weight is 286 g/mol. The Labute approximate surface area is 105 Å². The Kier molecular flexibility index (Phi) is 3.98. The minimum atomic E-state index is -0.187. The summed E-state index contributed by atoms with van der Waals surface area (Å²) < 4.78 is 13.7. The van der Waals surface area contributed by atoms with E-state index in [-0.39, 0.29) is 5.82 Å². The fourth-order valence-electron chi connectivity index (χ4n) is 2.27. The molecule has 1 unspecified atom stereocenters. The van der Waals surface area contributed by atoms with Crippen molar-refractivity contribution in [2.24, 2.45) is 5.92 Å². The normalized spacial score (nSPS) is 18.2. The van der Waals surface area contributed by atoms with Crippen LogP contribution in [0.25, 0.3) is 0 Å². The molecule has 0 aromatic heterocycles. The highest BCUT2D eigenvalue weighted by Gasteiger charge is 2.26. The van der Waals surface area contributed by atoms with E-state index in [1.165, 1.54) is 30.9 Å². The van der Waals surface area contributed by atoms with Crippen LogP contribution in [0.3, 0.4) is 0 Å². The van der Waals surface area contributed by atoms with Gasteiger partial charge in [0, 0.05) is 6.04 Å². The Morgan fingerprint density at radius 3 is 2.75 bits per heavy atom. The smallest absolute Gasteiger partial charge is 0.137 e. The first-order valence-corrected chi connectivity index (χ1v) is 6.61. The van der Waals surface area contributed by atoms with Crippen molar-refractivity contribution in [1.82, 2.24) is 5.32 Å². The summed E-state index contributed by atoms with van der Waals surface area (Å²) in [7, 11) is 2.02. The van der Waals surface area contributed by atoms with Crippen molar-refractivity contribution in [2.75, 3.05) is 7.05 Å². The summed E-state index contributed by atoms with van der Waals surface area (Å²) in [4.78, 5) is 0. The third-order valence-electron chi connectivity index (χ3n) is 3.53. The quantitative estimate of drug-likeness (QED) is 0.893. The van der Waals surface area contributed by atoms with Crippen molar-refractivity contribution in [3.63, 3.8) is 0 Å². The Morgan fingerprint density at radius 2 is 2.25 bits per heavy atom. The number of hydrogen-bond acceptors (Lipinski definition) is 1. The zero-order valence-electron chi connectivity index (χ0n) is 9.47. The topological polar surface area (TPSA) is 12.0 Å². The van der Waals surface area contributed by atoms with Crippen molar-refractivity contribution in [3.05, 3.63) is 34.1 Å². The molecule has 16 heavy (non-hydrogen) atoms. The summed E-state index contributed by atoms with van der Waals surface area (Å²) in [6.45, 7) is 0. The van der Waals surface area contributed by atoms with Crippen LogP contribution >= 0.6 is 15.9 Å². The van der Waals surface area contributed by atoms with Crippen molar-refractivity contribution < 1.29 is 4.39 Å². The van der Waals surface area contributed by atoms with Gasteiger partial charge in [-0.1, -0.05) is 12.5 Å². The maximum Gasteiger partial charge on any atom is 0.137 e. The van der Waals surface area contributed by atoms with Crippen LogP contribution in [0.4, 0.5) is 4.39 Å². The molecule has 0 spiro atoms. The first kappa shape index (κ1) is 12.1. The molecular formula is C13H17BrFN. The Morgan fingerprint density at radius 1 is 1.50 bits per heavy atom. The monoisotopic (exact) mass is 285 g/mol. The molecule has 1 aliphatic rings. The fourth-order valence-corrected chi connectivity index (χ4v) is 2.69. The summed E-state index contributed by atoms with van der Waals surface area (Å²) in [5, 5.41) is 3.38. The molecule has 1 atom stereocenters. The lowest BCUT2D eigenvalue weighted by molar-refractivity contribution is 0.236. The van der Waals surface area contributed by atoms with Gasteiger partial charge in [-0.25, -0.2) is 4.39 Å². The molecule has 1 nitrogen and oxygen atoms in total. The van der Waals surface area contributed by atoms with Gasteiger partial charge >= 0.3 is 0 Å². The van der Waals surface area contributed by atoms with Gasteiger partial charge in [-0.3, -0.25) is 0 Å². The molecule has 0 amide bonds. The third kappa shape index (κ3) is 2.64. The van der Waals surface area contributed by atoms with E-state index in [9.17, 15) is 4.39 Å². The Hall–Kier alpha value is -0.410. The molecule has 88 valence electrons. The van der Waals surface area contributed by atoms with Gasteiger partial charge in [0.2, 0.25) is 0 Å². The zero-order valence-corrected chi connectivity index (χ0v) is 11.1. The zero-order chi connectivity index (χ0) is 11.5. The largest absolute Gasteiger partial charge is 0.316 e. The molecule has 1 aromatic carbocycles. The molecule has 2 rings (SSSR count). The molecule has 1 saturated carbocycles. The average Bonchev–Trinajstić information content (AvgIpc) is 2.20. The van der Waals surface area contributed by atoms with Gasteiger partial charge in [-0.15, -0.1) is 0 Å². The number of likely N-dealkylation sites (N-methyl/N-ethyl adjacent to an activating group) is 1. The second-order valence-electron chi connectivity index (χ2n) is 4.54. The van der Waals surface area contributed by atoms with Crippen molar-refractivity contribution in [3.8, 4) is 0 Å². The predicted octanol–water partition coefficient (Wildman–Crippen LogP) is 3.52. The number of benzene rings is 1. The van der Waals surface area contributed by atoms with E-state index in [1.807, 2.05) is 19.2 Å². The van der Waals surface area contributed by atoms with E-state index in [2.05, 4.69) is 21.2 Å². The maximum absolute atomic E-state index is 13.1. The van der Waals surface area contributed by atoms with E-state index in [1.54, 1.807) is 0 Å². The molecule has 0 radical (unpaired) electrons. The summed E-state index contributed by atoms with van der Waals surface area (Å²) in [5.41, 5.74) is 1.19. The van der Waals surface area contributed by atoms with Crippen LogP contribution in [0, 0.1) is 11.7 Å². The van der Waals surface area contributed by atoms with E-state index >= 15 is 0 Å². The van der Waals surface area contributed by atoms with Crippen LogP contribution in [-0.4, -0.2) is 13.1 Å². The lowest BCUT2D eigenvalue weighted by Gasteiger charge is -2.33. The summed E-state index contributed by atoms with van der Waals surface area (Å²) in [5.74, 6) is 0.613. The van der Waals surface area contributed by atoms with Gasteiger partial charge in [0.05, 0.1) is 4.47 Å². The molecule has 1 fully saturated rings. The SMILES string of the molecule is CNC(Cc1ccc(F)c(Br)c1)C1CCC1. The number of hydrogen-bond donors (Lipinski definition) is 1. The summed E-state index contributed by atoms with van der Waals surface area (Å²) in [6, 6.07) is 5.83. The number of rotatable bonds is 4. The highest BCUT2D eigenvalue weighted by Crippen LogP contribution is 2.31. The molecule has 0 heterocycles. The molecule has 0 aliphatic heterocycles. The van der Waals surface area contributed by atoms with Crippen LogP contribution in [-0.2, 0) is 6.42 Å². The lowest BCUT2D eigenvalue weighted by atomic mass is 9.78. The second-order valence-corrected chi connectivity index (χ2v) is 5.39. The molecule has 0 bridgehead atoms. The molecule has 3 heteroatoms. The van der Waals surface area contributed by atoms with E-state index < -0.39 is 0 Å². The van der Waals surface area contributed by atoms with Gasteiger partial charge in [0.15, 0.2) is 0 Å². The van der Waals surface area contributed by atoms with Crippen LogP contribution in [0.2, 0.25) is 0 Å². The molecule has 1 aliphatic carbocycles. The van der Waals surface area contributed by atoms with Crippen LogP contribution in [0.5, 0.6) is 0 Å². The highest BCUT2D eigenvalue weighted by molar-refractivity contribution is 9.10. The van der Waals surface area contributed by atoms with Crippen molar-refractivity contribution >= 4 is 15.9 Å². The van der Waals surface area contributed by atoms with Gasteiger partial charge < -0.3 is 5.32 Å². The molecule has 0 saturated heterocycles. The van der Waals surface area contributed by atoms with Gasteiger partial charge in [0.25, 0.3) is 0 Å². The highest BCUT2D eigenvalue weighted by atomic mass is 79.9. The summed E-state index contributed by atoms with van der Waals surface area (Å²) in [6.07, 6.45) is 5.00. The van der Waals surface area contributed by atoms with Gasteiger partial charge in [0.1, 0.15) is 5.82 Å². The minimum absolute atomic E-state index is 0.187. The molecular weight excluding hydrogens is 269 g/mol. The first-order chi connectivity index (χ1) is 7.70. The summed E-state index contributed by atoms with van der Waals surface area (Å²) >= 11 is 3.23.